The zero-order chi connectivity index (χ0) is 39.4. The molecule has 2 fully saturated rings. The van der Waals surface area contributed by atoms with Gasteiger partial charge in [0.25, 0.3) is 0 Å². The number of benzene rings is 3. The predicted octanol–water partition coefficient (Wildman–Crippen LogP) is 1.65. The molecule has 5 aromatic rings. The first-order valence-corrected chi connectivity index (χ1v) is 19.8. The molecule has 1 saturated heterocycles. The van der Waals surface area contributed by atoms with E-state index in [0.717, 1.165) is 11.1 Å². The van der Waals surface area contributed by atoms with Crippen LogP contribution in [0.4, 0.5) is 22.2 Å². The molecule has 3 amide bonds. The van der Waals surface area contributed by atoms with Gasteiger partial charge >= 0.3 is 6.03 Å². The van der Waals surface area contributed by atoms with Crippen molar-refractivity contribution in [1.29, 1.82) is 0 Å². The molecule has 17 nitrogen and oxygen atoms in total. The second kappa shape index (κ2) is 16.6. The Hall–Kier alpha value is -5.66. The topological polar surface area (TPSA) is 250 Å². The second-order valence-corrected chi connectivity index (χ2v) is 15.5. The maximum Gasteiger partial charge on any atom is 0.319 e. The molecule has 1 saturated carbocycles. The van der Waals surface area contributed by atoms with Gasteiger partial charge in [-0.15, -0.1) is 0 Å². The fourth-order valence-corrected chi connectivity index (χ4v) is 7.87. The number of carbonyl (C=O) groups is 2. The number of rotatable bonds is 13. The number of hydrogen-bond acceptors (Lipinski definition) is 12. The smallest absolute Gasteiger partial charge is 0.319 e. The molecule has 3 heterocycles. The van der Waals surface area contributed by atoms with Crippen LogP contribution < -0.4 is 31.3 Å². The molecule has 2 aromatic heterocycles. The summed E-state index contributed by atoms with van der Waals surface area (Å²) in [4.78, 5) is 41.6. The van der Waals surface area contributed by atoms with Crippen molar-refractivity contribution in [1.82, 2.24) is 30.2 Å². The van der Waals surface area contributed by atoms with Gasteiger partial charge in [0, 0.05) is 43.7 Å². The molecule has 0 bridgehead atoms. The SMILES string of the molecule is NS(=O)(=O)c1ccc(NC(=O)NC2CCN(c3nc(NCC(c4ccccc4)c4ccccc4)c4ncn([C@@H]5C[C@H](NC(=O)CCO)[C@@H](O)[C@H]5O)c4n3)C2)cc1. The minimum Gasteiger partial charge on any atom is -0.396 e. The number of anilines is 3. The number of sulfonamides is 1. The Bertz CT molecular complexity index is 2220. The van der Waals surface area contributed by atoms with Gasteiger partial charge in [-0.25, -0.2) is 23.3 Å². The van der Waals surface area contributed by atoms with E-state index < -0.39 is 46.3 Å². The number of imidazole rings is 1. The summed E-state index contributed by atoms with van der Waals surface area (Å²) >= 11 is 0. The van der Waals surface area contributed by atoms with E-state index in [4.69, 9.17) is 15.1 Å². The summed E-state index contributed by atoms with van der Waals surface area (Å²) in [6, 6.07) is 23.5. The fourth-order valence-electron chi connectivity index (χ4n) is 7.36. The second-order valence-electron chi connectivity index (χ2n) is 14.0. The summed E-state index contributed by atoms with van der Waals surface area (Å²) in [5.41, 5.74) is 3.45. The monoisotopic (exact) mass is 784 g/mol. The molecular weight excluding hydrogens is 741 g/mol. The van der Waals surface area contributed by atoms with Gasteiger partial charge in [-0.3, -0.25) is 4.79 Å². The quantitative estimate of drug-likeness (QED) is 0.0849. The van der Waals surface area contributed by atoms with Crippen molar-refractivity contribution in [2.75, 3.05) is 41.8 Å². The summed E-state index contributed by atoms with van der Waals surface area (Å²) in [6.07, 6.45) is -0.331. The standard InChI is InChI=1S/C38H44N10O7S/c39-56(54,55)27-13-11-25(12-14-27)42-38(53)43-26-15-17-47(21-26)37-45-35(40-20-28(23-7-3-1-4-8-23)24-9-5-2-6-10-24)32-36(46-37)48(22-41-32)30-19-29(33(51)34(30)52)44-31(50)16-18-49/h1-14,22,26,28-30,33-34,49,51-52H,15-21H2,(H,44,50)(H2,39,54,55)(H,40,45,46)(H2,42,43,53)/t26?,29-,30+,33+,34-/m0/s1. The Balaban J connectivity index is 1.15. The van der Waals surface area contributed by atoms with Gasteiger partial charge in [-0.1, -0.05) is 60.7 Å². The van der Waals surface area contributed by atoms with Gasteiger partial charge < -0.3 is 46.1 Å². The van der Waals surface area contributed by atoms with Crippen molar-refractivity contribution in [3.63, 3.8) is 0 Å². The lowest BCUT2D eigenvalue weighted by atomic mass is 9.91. The van der Waals surface area contributed by atoms with Crippen LogP contribution in [-0.2, 0) is 14.8 Å². The summed E-state index contributed by atoms with van der Waals surface area (Å²) in [6.45, 7) is 0.996. The highest BCUT2D eigenvalue weighted by Crippen LogP contribution is 2.35. The third kappa shape index (κ3) is 8.58. The van der Waals surface area contributed by atoms with Gasteiger partial charge in [-0.2, -0.15) is 9.97 Å². The van der Waals surface area contributed by atoms with Gasteiger partial charge in [0.15, 0.2) is 17.0 Å². The van der Waals surface area contributed by atoms with Crippen LogP contribution >= 0.6 is 0 Å². The highest BCUT2D eigenvalue weighted by Gasteiger charge is 2.44. The number of primary sulfonamides is 1. The molecule has 3 aromatic carbocycles. The van der Waals surface area contributed by atoms with E-state index in [1.165, 1.54) is 24.3 Å². The molecule has 2 aliphatic rings. The number of aromatic nitrogens is 4. The van der Waals surface area contributed by atoms with Crippen LogP contribution in [0, 0.1) is 0 Å². The van der Waals surface area contributed by atoms with E-state index in [2.05, 4.69) is 50.5 Å². The number of carbonyl (C=O) groups excluding carboxylic acids is 2. The first-order valence-electron chi connectivity index (χ1n) is 18.3. The Morgan fingerprint density at radius 1 is 0.911 bits per heavy atom. The van der Waals surface area contributed by atoms with Crippen LogP contribution in [0.5, 0.6) is 0 Å². The number of nitrogens with zero attached hydrogens (tertiary/aromatic N) is 5. The molecular formula is C38H44N10O7S. The zero-order valence-electron chi connectivity index (χ0n) is 30.3. The maximum atomic E-state index is 12.9. The third-order valence-electron chi connectivity index (χ3n) is 10.2. The molecule has 294 valence electrons. The number of amides is 3. The van der Waals surface area contributed by atoms with Gasteiger partial charge in [0.1, 0.15) is 12.2 Å². The van der Waals surface area contributed by atoms with Gasteiger partial charge in [0.05, 0.1) is 29.9 Å². The van der Waals surface area contributed by atoms with Crippen LogP contribution in [0.3, 0.4) is 0 Å². The van der Waals surface area contributed by atoms with Crippen molar-refractivity contribution in [2.24, 2.45) is 5.14 Å². The van der Waals surface area contributed by atoms with Crippen molar-refractivity contribution in [3.05, 3.63) is 102 Å². The van der Waals surface area contributed by atoms with Gasteiger partial charge in [-0.05, 0) is 48.2 Å². The average Bonchev–Trinajstić information content (AvgIpc) is 3.90. The number of hydrogen-bond donors (Lipinski definition) is 8. The molecule has 0 radical (unpaired) electrons. The van der Waals surface area contributed by atoms with Crippen LogP contribution in [0.15, 0.2) is 96.2 Å². The molecule has 9 N–H and O–H groups in total. The first-order chi connectivity index (χ1) is 27.0. The van der Waals surface area contributed by atoms with E-state index in [1.54, 1.807) is 10.9 Å². The maximum absolute atomic E-state index is 12.9. The van der Waals surface area contributed by atoms with E-state index >= 15 is 0 Å². The lowest BCUT2D eigenvalue weighted by Gasteiger charge is -2.22. The molecule has 1 unspecified atom stereocenters. The van der Waals surface area contributed by atoms with Crippen LogP contribution in [0.1, 0.15) is 42.3 Å². The Morgan fingerprint density at radius 3 is 2.23 bits per heavy atom. The minimum atomic E-state index is -3.87. The van der Waals surface area contributed by atoms with E-state index in [1.807, 2.05) is 41.3 Å². The molecule has 18 heteroatoms. The molecule has 5 atom stereocenters. The van der Waals surface area contributed by atoms with Gasteiger partial charge in [0.2, 0.25) is 21.9 Å². The Kier molecular flexibility index (Phi) is 11.4. The van der Waals surface area contributed by atoms with Crippen LogP contribution in [-0.4, -0.2) is 106 Å². The predicted molar refractivity (Wildman–Crippen MR) is 208 cm³/mol. The van der Waals surface area contributed by atoms with Crippen molar-refractivity contribution < 1.29 is 33.3 Å². The number of fused-ring (bicyclic) bond motifs is 1. The Morgan fingerprint density at radius 2 is 1.59 bits per heavy atom. The summed E-state index contributed by atoms with van der Waals surface area (Å²) < 4.78 is 24.9. The molecule has 7 rings (SSSR count). The Labute approximate surface area is 323 Å². The van der Waals surface area contributed by atoms with Crippen LogP contribution in [0.2, 0.25) is 0 Å². The van der Waals surface area contributed by atoms with E-state index in [9.17, 15) is 33.3 Å². The van der Waals surface area contributed by atoms with Crippen LogP contribution in [0.25, 0.3) is 11.2 Å². The van der Waals surface area contributed by atoms with Crippen molar-refractivity contribution in [3.8, 4) is 0 Å². The summed E-state index contributed by atoms with van der Waals surface area (Å²) in [5.74, 6) is 0.339. The van der Waals surface area contributed by atoms with E-state index in [0.29, 0.717) is 54.7 Å². The molecule has 1 aliphatic carbocycles. The lowest BCUT2D eigenvalue weighted by Crippen LogP contribution is -2.43. The van der Waals surface area contributed by atoms with E-state index in [-0.39, 0.29) is 36.3 Å². The third-order valence-corrected chi connectivity index (χ3v) is 11.2. The molecule has 1 aliphatic heterocycles. The number of aliphatic hydroxyl groups is 3. The number of urea groups is 1. The highest BCUT2D eigenvalue weighted by atomic mass is 32.2. The lowest BCUT2D eigenvalue weighted by molar-refractivity contribution is -0.123. The summed E-state index contributed by atoms with van der Waals surface area (Å²) in [5, 5.41) is 48.4. The molecule has 0 spiro atoms. The largest absolute Gasteiger partial charge is 0.396 e. The minimum absolute atomic E-state index is 0.0437. The molecule has 56 heavy (non-hydrogen) atoms. The zero-order valence-corrected chi connectivity index (χ0v) is 31.1. The summed E-state index contributed by atoms with van der Waals surface area (Å²) in [7, 11) is -3.87. The first kappa shape index (κ1) is 38.6. The fraction of sp³-hybridized carbons (Fsp3) is 0.342. The number of aliphatic hydroxyl groups excluding tert-OH is 3. The number of nitrogens with two attached hydrogens (primary N) is 1. The number of nitrogens with one attached hydrogen (secondary N) is 4. The average molecular weight is 785 g/mol. The van der Waals surface area contributed by atoms with Crippen molar-refractivity contribution >= 4 is 50.6 Å². The van der Waals surface area contributed by atoms with Crippen molar-refractivity contribution in [2.45, 2.75) is 60.4 Å². The highest BCUT2D eigenvalue weighted by molar-refractivity contribution is 7.89. The normalized spacial score (nSPS) is 21.0.